The van der Waals surface area contributed by atoms with Crippen LogP contribution in [0.5, 0.6) is 0 Å². The van der Waals surface area contributed by atoms with Gasteiger partial charge in [0.25, 0.3) is 0 Å². The average Bonchev–Trinajstić information content (AvgIpc) is 2.64. The first kappa shape index (κ1) is 20.4. The van der Waals surface area contributed by atoms with Gasteiger partial charge in [-0.2, -0.15) is 0 Å². The first-order valence-electron chi connectivity index (χ1n) is 8.58. The van der Waals surface area contributed by atoms with Gasteiger partial charge in [-0.3, -0.25) is 4.79 Å². The molecule has 0 aliphatic carbocycles. The molecule has 0 radical (unpaired) electrons. The van der Waals surface area contributed by atoms with Crippen LogP contribution in [0.3, 0.4) is 0 Å². The van der Waals surface area contributed by atoms with Crippen LogP contribution in [0.4, 0.5) is 25.0 Å². The number of halogens is 2. The number of benzene rings is 2. The molecule has 0 saturated carbocycles. The lowest BCUT2D eigenvalue weighted by Gasteiger charge is -2.25. The molecule has 2 aromatic carbocycles. The van der Waals surface area contributed by atoms with Crippen molar-refractivity contribution in [3.63, 3.8) is 0 Å². The van der Waals surface area contributed by atoms with Crippen LogP contribution in [-0.2, 0) is 4.79 Å². The highest BCUT2D eigenvalue weighted by molar-refractivity contribution is 5.93. The van der Waals surface area contributed by atoms with Gasteiger partial charge in [-0.05, 0) is 48.9 Å². The highest BCUT2D eigenvalue weighted by atomic mass is 19.2. The van der Waals surface area contributed by atoms with E-state index in [2.05, 4.69) is 10.6 Å². The second-order valence-electron chi connectivity index (χ2n) is 6.61. The molecule has 0 fully saturated rings. The molecule has 7 heteroatoms. The molecule has 0 aromatic heterocycles. The number of rotatable bonds is 5. The number of amides is 3. The summed E-state index contributed by atoms with van der Waals surface area (Å²) in [4.78, 5) is 25.5. The first-order valence-corrected chi connectivity index (χ1v) is 8.58. The Hall–Kier alpha value is -2.96. The summed E-state index contributed by atoms with van der Waals surface area (Å²) in [5.41, 5.74) is 1.67. The van der Waals surface area contributed by atoms with Crippen molar-refractivity contribution in [3.8, 4) is 0 Å². The van der Waals surface area contributed by atoms with E-state index in [0.29, 0.717) is 16.9 Å². The van der Waals surface area contributed by atoms with Crippen LogP contribution >= 0.6 is 0 Å². The number of hydrogen-bond acceptors (Lipinski definition) is 2. The van der Waals surface area contributed by atoms with E-state index in [4.69, 9.17) is 0 Å². The van der Waals surface area contributed by atoms with Gasteiger partial charge in [-0.15, -0.1) is 0 Å². The Labute approximate surface area is 157 Å². The quantitative estimate of drug-likeness (QED) is 0.790. The maximum atomic E-state index is 13.4. The second-order valence-corrected chi connectivity index (χ2v) is 6.61. The van der Waals surface area contributed by atoms with Crippen LogP contribution < -0.4 is 10.6 Å². The fourth-order valence-corrected chi connectivity index (χ4v) is 2.31. The van der Waals surface area contributed by atoms with Gasteiger partial charge in [-0.1, -0.05) is 19.9 Å². The third-order valence-corrected chi connectivity index (χ3v) is 4.26. The monoisotopic (exact) mass is 375 g/mol. The van der Waals surface area contributed by atoms with Gasteiger partial charge >= 0.3 is 6.03 Å². The fraction of sp³-hybridized carbons (Fsp3) is 0.300. The minimum absolute atomic E-state index is 0.0909. The van der Waals surface area contributed by atoms with E-state index in [1.165, 1.54) is 11.0 Å². The topological polar surface area (TPSA) is 61.4 Å². The summed E-state index contributed by atoms with van der Waals surface area (Å²) in [6, 6.07) is 9.43. The molecular weight excluding hydrogens is 352 g/mol. The van der Waals surface area contributed by atoms with Crippen LogP contribution in [0.15, 0.2) is 42.5 Å². The Kier molecular flexibility index (Phi) is 6.50. The highest BCUT2D eigenvalue weighted by Crippen LogP contribution is 2.22. The number of hydrogen-bond donors (Lipinski definition) is 2. The fourth-order valence-electron chi connectivity index (χ4n) is 2.31. The van der Waals surface area contributed by atoms with Gasteiger partial charge in [-0.25, -0.2) is 13.6 Å². The Bertz CT molecular complexity index is 822. The van der Waals surface area contributed by atoms with Gasteiger partial charge in [0, 0.05) is 24.3 Å². The minimum atomic E-state index is -0.952. The van der Waals surface area contributed by atoms with Crippen molar-refractivity contribution in [2.75, 3.05) is 17.7 Å². The lowest BCUT2D eigenvalue weighted by molar-refractivity contribution is -0.118. The van der Waals surface area contributed by atoms with E-state index >= 15 is 0 Å². The predicted octanol–water partition coefficient (Wildman–Crippen LogP) is 4.78. The van der Waals surface area contributed by atoms with Gasteiger partial charge in [0.1, 0.15) is 0 Å². The molecule has 0 bridgehead atoms. The molecule has 27 heavy (non-hydrogen) atoms. The lowest BCUT2D eigenvalue weighted by Crippen LogP contribution is -2.33. The largest absolute Gasteiger partial charge is 0.326 e. The van der Waals surface area contributed by atoms with Gasteiger partial charge < -0.3 is 15.5 Å². The standard InChI is InChI=1S/C20H23F2N3O2/c1-12(2)19(26)23-15-6-8-16(9-7-15)24-20(27)25(4)13(3)14-5-10-17(21)18(22)11-14/h5-13H,1-4H3,(H,23,26)(H,24,27)/t13-/m0/s1. The zero-order chi connectivity index (χ0) is 20.1. The van der Waals surface area contributed by atoms with Crippen molar-refractivity contribution in [1.82, 2.24) is 4.90 Å². The van der Waals surface area contributed by atoms with Crippen molar-refractivity contribution in [1.29, 1.82) is 0 Å². The van der Waals surface area contributed by atoms with Crippen molar-refractivity contribution in [2.24, 2.45) is 5.92 Å². The van der Waals surface area contributed by atoms with E-state index in [9.17, 15) is 18.4 Å². The Morgan fingerprint density at radius 1 is 0.889 bits per heavy atom. The van der Waals surface area contributed by atoms with Crippen LogP contribution in [0, 0.1) is 17.6 Å². The van der Waals surface area contributed by atoms with E-state index in [0.717, 1.165) is 12.1 Å². The second kappa shape index (κ2) is 8.62. The average molecular weight is 375 g/mol. The third kappa shape index (κ3) is 5.26. The van der Waals surface area contributed by atoms with Gasteiger partial charge in [0.2, 0.25) is 5.91 Å². The molecule has 3 amide bonds. The van der Waals surface area contributed by atoms with Gasteiger partial charge in [0.05, 0.1) is 6.04 Å². The summed E-state index contributed by atoms with van der Waals surface area (Å²) >= 11 is 0. The van der Waals surface area contributed by atoms with E-state index in [1.807, 2.05) is 0 Å². The number of nitrogens with zero attached hydrogens (tertiary/aromatic N) is 1. The smallest absolute Gasteiger partial charge is 0.322 e. The van der Waals surface area contributed by atoms with E-state index in [1.54, 1.807) is 52.1 Å². The summed E-state index contributed by atoms with van der Waals surface area (Å²) in [7, 11) is 1.57. The molecule has 144 valence electrons. The maximum absolute atomic E-state index is 13.4. The summed E-state index contributed by atoms with van der Waals surface area (Å²) < 4.78 is 26.5. The lowest BCUT2D eigenvalue weighted by atomic mass is 10.1. The molecular formula is C20H23F2N3O2. The zero-order valence-corrected chi connectivity index (χ0v) is 15.7. The van der Waals surface area contributed by atoms with Crippen molar-refractivity contribution in [3.05, 3.63) is 59.7 Å². The third-order valence-electron chi connectivity index (χ3n) is 4.26. The van der Waals surface area contributed by atoms with Crippen molar-refractivity contribution >= 4 is 23.3 Å². The van der Waals surface area contributed by atoms with Crippen molar-refractivity contribution < 1.29 is 18.4 Å². The number of carbonyl (C=O) groups excluding carboxylic acids is 2. The van der Waals surface area contributed by atoms with Crippen LogP contribution in [0.1, 0.15) is 32.4 Å². The number of anilines is 2. The molecule has 2 rings (SSSR count). The highest BCUT2D eigenvalue weighted by Gasteiger charge is 2.19. The number of carbonyl (C=O) groups is 2. The molecule has 0 unspecified atom stereocenters. The molecule has 2 aromatic rings. The predicted molar refractivity (Wildman–Crippen MR) is 101 cm³/mol. The van der Waals surface area contributed by atoms with E-state index < -0.39 is 23.7 Å². The van der Waals surface area contributed by atoms with E-state index in [-0.39, 0.29) is 11.8 Å². The normalized spacial score (nSPS) is 11.8. The van der Waals surface area contributed by atoms with Crippen LogP contribution in [-0.4, -0.2) is 23.9 Å². The number of urea groups is 1. The Morgan fingerprint density at radius 2 is 1.44 bits per heavy atom. The Morgan fingerprint density at radius 3 is 1.96 bits per heavy atom. The molecule has 0 saturated heterocycles. The molecule has 0 aliphatic rings. The van der Waals surface area contributed by atoms with Gasteiger partial charge in [0.15, 0.2) is 11.6 Å². The van der Waals surface area contributed by atoms with Crippen molar-refractivity contribution in [2.45, 2.75) is 26.8 Å². The SMILES string of the molecule is CC(C)C(=O)Nc1ccc(NC(=O)N(C)[C@@H](C)c2ccc(F)c(F)c2)cc1. The van der Waals surface area contributed by atoms with Crippen LogP contribution in [0.2, 0.25) is 0 Å². The summed E-state index contributed by atoms with van der Waals surface area (Å²) in [5.74, 6) is -2.10. The summed E-state index contributed by atoms with van der Waals surface area (Å²) in [6.45, 7) is 5.32. The minimum Gasteiger partial charge on any atom is -0.326 e. The molecule has 0 spiro atoms. The Balaban J connectivity index is 2.01. The first-order chi connectivity index (χ1) is 12.7. The van der Waals surface area contributed by atoms with Crippen LogP contribution in [0.25, 0.3) is 0 Å². The number of nitrogens with one attached hydrogen (secondary N) is 2. The molecule has 1 atom stereocenters. The molecule has 2 N–H and O–H groups in total. The summed E-state index contributed by atoms with van der Waals surface area (Å²) in [6.07, 6.45) is 0. The molecule has 0 heterocycles. The maximum Gasteiger partial charge on any atom is 0.322 e. The molecule has 5 nitrogen and oxygen atoms in total. The molecule has 0 aliphatic heterocycles. The summed E-state index contributed by atoms with van der Waals surface area (Å²) in [5, 5.41) is 5.49. The zero-order valence-electron chi connectivity index (χ0n) is 15.7.